The van der Waals surface area contributed by atoms with Gasteiger partial charge in [-0.2, -0.15) is 5.26 Å². The molecule has 5 heteroatoms. The molecule has 2 atom stereocenters. The SMILES string of the molecule is C=CC(CCC(=O)O)C(C=C)(CC#N)C(=O)O. The molecule has 0 radical (unpaired) electrons. The summed E-state index contributed by atoms with van der Waals surface area (Å²) in [5.41, 5.74) is -1.47. The van der Waals surface area contributed by atoms with Crippen molar-refractivity contribution in [2.45, 2.75) is 19.3 Å². The molecule has 0 aromatic carbocycles. The van der Waals surface area contributed by atoms with Crippen molar-refractivity contribution < 1.29 is 19.8 Å². The molecule has 0 heterocycles. The second-order valence-electron chi connectivity index (χ2n) is 3.66. The smallest absolute Gasteiger partial charge is 0.315 e. The molecule has 0 aromatic rings. The van der Waals surface area contributed by atoms with E-state index in [4.69, 9.17) is 10.4 Å². The van der Waals surface area contributed by atoms with Crippen LogP contribution >= 0.6 is 0 Å². The predicted molar refractivity (Wildman–Crippen MR) is 61.1 cm³/mol. The van der Waals surface area contributed by atoms with E-state index in [2.05, 4.69) is 13.2 Å². The third-order valence-corrected chi connectivity index (χ3v) is 2.75. The average Bonchev–Trinajstić information content (AvgIpc) is 2.27. The number of aliphatic carboxylic acids is 2. The summed E-state index contributed by atoms with van der Waals surface area (Å²) in [5.74, 6) is -2.84. The molecule has 0 aliphatic heterocycles. The summed E-state index contributed by atoms with van der Waals surface area (Å²) in [6, 6.07) is 1.80. The van der Waals surface area contributed by atoms with Gasteiger partial charge in [0, 0.05) is 6.42 Å². The third-order valence-electron chi connectivity index (χ3n) is 2.75. The number of carboxylic acid groups (broad SMARTS) is 2. The summed E-state index contributed by atoms with van der Waals surface area (Å²) in [6.45, 7) is 6.95. The molecular formula is C12H15NO4. The zero-order chi connectivity index (χ0) is 13.5. The highest BCUT2D eigenvalue weighted by atomic mass is 16.4. The summed E-state index contributed by atoms with van der Waals surface area (Å²) in [7, 11) is 0. The van der Waals surface area contributed by atoms with Crippen molar-refractivity contribution in [2.75, 3.05) is 0 Å². The van der Waals surface area contributed by atoms with Crippen LogP contribution in [0.3, 0.4) is 0 Å². The van der Waals surface area contributed by atoms with Gasteiger partial charge in [-0.3, -0.25) is 9.59 Å². The second kappa shape index (κ2) is 6.48. The van der Waals surface area contributed by atoms with Crippen LogP contribution in [0.1, 0.15) is 19.3 Å². The molecule has 0 aliphatic rings. The van der Waals surface area contributed by atoms with Gasteiger partial charge in [0.2, 0.25) is 0 Å². The van der Waals surface area contributed by atoms with Gasteiger partial charge in [0.25, 0.3) is 0 Å². The zero-order valence-corrected chi connectivity index (χ0v) is 9.43. The van der Waals surface area contributed by atoms with Crippen LogP contribution in [0.5, 0.6) is 0 Å². The van der Waals surface area contributed by atoms with Crippen LogP contribution < -0.4 is 0 Å². The van der Waals surface area contributed by atoms with E-state index in [1.54, 1.807) is 6.07 Å². The lowest BCUT2D eigenvalue weighted by Crippen LogP contribution is -2.36. The maximum absolute atomic E-state index is 11.3. The van der Waals surface area contributed by atoms with Gasteiger partial charge >= 0.3 is 11.9 Å². The van der Waals surface area contributed by atoms with E-state index in [0.29, 0.717) is 0 Å². The number of hydrogen-bond donors (Lipinski definition) is 2. The quantitative estimate of drug-likeness (QED) is 0.627. The first-order chi connectivity index (χ1) is 7.94. The largest absolute Gasteiger partial charge is 0.481 e. The first-order valence-corrected chi connectivity index (χ1v) is 5.03. The molecule has 0 bridgehead atoms. The molecule has 0 aliphatic carbocycles. The third kappa shape index (κ3) is 3.45. The minimum Gasteiger partial charge on any atom is -0.481 e. The molecule has 0 amide bonds. The molecule has 0 rings (SSSR count). The molecule has 17 heavy (non-hydrogen) atoms. The zero-order valence-electron chi connectivity index (χ0n) is 9.43. The first kappa shape index (κ1) is 14.9. The number of carbonyl (C=O) groups is 2. The Kier molecular flexibility index (Phi) is 5.69. The Labute approximate surface area is 99.7 Å². The number of nitriles is 1. The molecule has 2 unspecified atom stereocenters. The number of carboxylic acids is 2. The molecule has 0 fully saturated rings. The number of nitrogens with zero attached hydrogens (tertiary/aromatic N) is 1. The van der Waals surface area contributed by atoms with Crippen LogP contribution in [0, 0.1) is 22.7 Å². The normalized spacial score (nSPS) is 15.0. The fraction of sp³-hybridized carbons (Fsp3) is 0.417. The summed E-state index contributed by atoms with van der Waals surface area (Å²) in [6.07, 6.45) is 2.23. The van der Waals surface area contributed by atoms with Gasteiger partial charge in [-0.1, -0.05) is 12.2 Å². The first-order valence-electron chi connectivity index (χ1n) is 5.03. The Morgan fingerprint density at radius 1 is 1.41 bits per heavy atom. The van der Waals surface area contributed by atoms with E-state index < -0.39 is 23.3 Å². The van der Waals surface area contributed by atoms with E-state index in [1.165, 1.54) is 12.2 Å². The monoisotopic (exact) mass is 237 g/mol. The van der Waals surface area contributed by atoms with Crippen LogP contribution in [-0.4, -0.2) is 22.2 Å². The van der Waals surface area contributed by atoms with Crippen LogP contribution in [-0.2, 0) is 9.59 Å². The summed E-state index contributed by atoms with van der Waals surface area (Å²) >= 11 is 0. The minimum absolute atomic E-state index is 0.110. The minimum atomic E-state index is -1.47. The van der Waals surface area contributed by atoms with Gasteiger partial charge in [-0.15, -0.1) is 13.2 Å². The lowest BCUT2D eigenvalue weighted by Gasteiger charge is -2.30. The highest BCUT2D eigenvalue weighted by Gasteiger charge is 2.41. The van der Waals surface area contributed by atoms with Crippen molar-refractivity contribution in [1.82, 2.24) is 0 Å². The lowest BCUT2D eigenvalue weighted by atomic mass is 9.71. The van der Waals surface area contributed by atoms with E-state index >= 15 is 0 Å². The van der Waals surface area contributed by atoms with Gasteiger partial charge in [0.05, 0.1) is 12.5 Å². The van der Waals surface area contributed by atoms with Crippen LogP contribution in [0.25, 0.3) is 0 Å². The average molecular weight is 237 g/mol. The second-order valence-corrected chi connectivity index (χ2v) is 3.66. The fourth-order valence-electron chi connectivity index (χ4n) is 1.67. The predicted octanol–water partition coefficient (Wildman–Crippen LogP) is 1.82. The molecule has 0 aromatic heterocycles. The topological polar surface area (TPSA) is 98.4 Å². The van der Waals surface area contributed by atoms with Crippen LogP contribution in [0.4, 0.5) is 0 Å². The Morgan fingerprint density at radius 3 is 2.29 bits per heavy atom. The molecule has 5 nitrogen and oxygen atoms in total. The van der Waals surface area contributed by atoms with Gasteiger partial charge in [-0.25, -0.2) is 0 Å². The number of rotatable bonds is 8. The maximum atomic E-state index is 11.3. The van der Waals surface area contributed by atoms with Crippen molar-refractivity contribution in [3.63, 3.8) is 0 Å². The van der Waals surface area contributed by atoms with E-state index in [-0.39, 0.29) is 19.3 Å². The van der Waals surface area contributed by atoms with E-state index in [9.17, 15) is 14.7 Å². The molecule has 0 saturated carbocycles. The highest BCUT2D eigenvalue weighted by Crippen LogP contribution is 2.37. The van der Waals surface area contributed by atoms with Crippen molar-refractivity contribution in [2.24, 2.45) is 11.3 Å². The standard InChI is InChI=1S/C12H15NO4/c1-3-9(5-6-10(14)15)12(4-2,7-8-13)11(16)17/h3-4,9H,1-2,5-7H2,(H,14,15)(H,16,17). The summed E-state index contributed by atoms with van der Waals surface area (Å²) < 4.78 is 0. The summed E-state index contributed by atoms with van der Waals surface area (Å²) in [4.78, 5) is 21.8. The van der Waals surface area contributed by atoms with Crippen molar-refractivity contribution >= 4 is 11.9 Å². The van der Waals surface area contributed by atoms with Crippen molar-refractivity contribution in [1.29, 1.82) is 5.26 Å². The highest BCUT2D eigenvalue weighted by molar-refractivity contribution is 5.78. The van der Waals surface area contributed by atoms with Gasteiger partial charge < -0.3 is 10.2 Å². The van der Waals surface area contributed by atoms with Gasteiger partial charge in [0.1, 0.15) is 5.41 Å². The number of allylic oxidation sites excluding steroid dienone is 1. The van der Waals surface area contributed by atoms with E-state index in [0.717, 1.165) is 0 Å². The maximum Gasteiger partial charge on any atom is 0.315 e. The molecule has 0 saturated heterocycles. The Hall–Kier alpha value is -2.09. The van der Waals surface area contributed by atoms with Gasteiger partial charge in [-0.05, 0) is 12.3 Å². The van der Waals surface area contributed by atoms with Crippen molar-refractivity contribution in [3.8, 4) is 6.07 Å². The Morgan fingerprint density at radius 2 is 2.00 bits per heavy atom. The van der Waals surface area contributed by atoms with E-state index in [1.807, 2.05) is 0 Å². The lowest BCUT2D eigenvalue weighted by molar-refractivity contribution is -0.148. The summed E-state index contributed by atoms with van der Waals surface area (Å²) in [5, 5.41) is 26.5. The Bertz CT molecular complexity index is 369. The molecule has 2 N–H and O–H groups in total. The fourth-order valence-corrected chi connectivity index (χ4v) is 1.67. The van der Waals surface area contributed by atoms with Crippen LogP contribution in [0.15, 0.2) is 25.3 Å². The molecule has 92 valence electrons. The molecular weight excluding hydrogens is 222 g/mol. The Balaban J connectivity index is 5.17. The molecule has 0 spiro atoms. The van der Waals surface area contributed by atoms with Crippen LogP contribution in [0.2, 0.25) is 0 Å². The van der Waals surface area contributed by atoms with Gasteiger partial charge in [0.15, 0.2) is 0 Å². The number of hydrogen-bond acceptors (Lipinski definition) is 3. The van der Waals surface area contributed by atoms with Crippen molar-refractivity contribution in [3.05, 3.63) is 25.3 Å².